The quantitative estimate of drug-likeness (QED) is 0.554. The molecule has 0 saturated heterocycles. The van der Waals surface area contributed by atoms with Gasteiger partial charge < -0.3 is 10.2 Å². The van der Waals surface area contributed by atoms with E-state index in [1.54, 1.807) is 19.0 Å². The van der Waals surface area contributed by atoms with Crippen LogP contribution in [0, 0.1) is 12.3 Å². The highest BCUT2D eigenvalue weighted by Gasteiger charge is 2.03. The lowest BCUT2D eigenvalue weighted by Crippen LogP contribution is -2.28. The molecule has 1 aromatic carbocycles. The molecule has 0 saturated carbocycles. The van der Waals surface area contributed by atoms with Gasteiger partial charge in [-0.1, -0.05) is 17.7 Å². The van der Waals surface area contributed by atoms with Crippen molar-refractivity contribution in [3.63, 3.8) is 0 Å². The topological polar surface area (TPSA) is 39.1 Å². The molecule has 1 rings (SSSR count). The van der Waals surface area contributed by atoms with Gasteiger partial charge in [0.1, 0.15) is 0 Å². The van der Waals surface area contributed by atoms with E-state index < -0.39 is 0 Å². The van der Waals surface area contributed by atoms with E-state index in [1.165, 1.54) is 0 Å². The third kappa shape index (κ3) is 2.64. The van der Waals surface area contributed by atoms with Crippen LogP contribution >= 0.6 is 11.6 Å². The van der Waals surface area contributed by atoms with Gasteiger partial charge in [0.05, 0.1) is 10.7 Å². The standard InChI is InChI=1S/C10H14ClN3/c1-7-4-5-8(11)9(6-7)13-10(12)14(2)3/h4-6H,1-3H3,(H2,12,13). The predicted molar refractivity (Wildman–Crippen MR) is 61.2 cm³/mol. The molecule has 0 spiro atoms. The van der Waals surface area contributed by atoms with E-state index in [1.807, 2.05) is 25.1 Å². The molecule has 4 heteroatoms. The number of halogens is 1. The van der Waals surface area contributed by atoms with Crippen molar-refractivity contribution in [2.45, 2.75) is 6.92 Å². The number of rotatable bonds is 1. The third-order valence-electron chi connectivity index (χ3n) is 1.82. The first-order valence-corrected chi connectivity index (χ1v) is 4.67. The second-order valence-corrected chi connectivity index (χ2v) is 3.76. The first kappa shape index (κ1) is 10.9. The molecule has 1 aromatic rings. The van der Waals surface area contributed by atoms with Crippen LogP contribution in [0.3, 0.4) is 0 Å². The Morgan fingerprint density at radius 2 is 2.07 bits per heavy atom. The molecular weight excluding hydrogens is 198 g/mol. The number of nitrogens with zero attached hydrogens (tertiary/aromatic N) is 1. The summed E-state index contributed by atoms with van der Waals surface area (Å²) in [6, 6.07) is 5.68. The van der Waals surface area contributed by atoms with Crippen LogP contribution in [0.25, 0.3) is 0 Å². The highest BCUT2D eigenvalue weighted by molar-refractivity contribution is 6.33. The third-order valence-corrected chi connectivity index (χ3v) is 2.15. The summed E-state index contributed by atoms with van der Waals surface area (Å²) in [4.78, 5) is 1.68. The van der Waals surface area contributed by atoms with E-state index in [9.17, 15) is 0 Å². The number of guanidine groups is 1. The largest absolute Gasteiger partial charge is 0.349 e. The Hall–Kier alpha value is -1.22. The molecule has 0 aliphatic heterocycles. The normalized spacial score (nSPS) is 9.71. The van der Waals surface area contributed by atoms with E-state index in [2.05, 4.69) is 5.32 Å². The van der Waals surface area contributed by atoms with Crippen LogP contribution in [0.1, 0.15) is 5.56 Å². The zero-order chi connectivity index (χ0) is 10.7. The van der Waals surface area contributed by atoms with Gasteiger partial charge in [-0.2, -0.15) is 0 Å². The van der Waals surface area contributed by atoms with E-state index in [0.29, 0.717) is 11.0 Å². The maximum absolute atomic E-state index is 7.60. The monoisotopic (exact) mass is 211 g/mol. The molecule has 0 atom stereocenters. The Morgan fingerprint density at radius 1 is 1.43 bits per heavy atom. The molecule has 0 radical (unpaired) electrons. The summed E-state index contributed by atoms with van der Waals surface area (Å²) < 4.78 is 0. The van der Waals surface area contributed by atoms with Gasteiger partial charge in [-0.25, -0.2) is 0 Å². The molecule has 0 aromatic heterocycles. The Kier molecular flexibility index (Phi) is 3.36. The fourth-order valence-electron chi connectivity index (χ4n) is 0.974. The van der Waals surface area contributed by atoms with Gasteiger partial charge in [-0.15, -0.1) is 0 Å². The minimum atomic E-state index is 0.317. The molecule has 0 fully saturated rings. The van der Waals surface area contributed by atoms with E-state index >= 15 is 0 Å². The molecule has 14 heavy (non-hydrogen) atoms. The molecule has 76 valence electrons. The number of nitrogens with one attached hydrogen (secondary N) is 2. The predicted octanol–water partition coefficient (Wildman–Crippen LogP) is 2.56. The van der Waals surface area contributed by atoms with E-state index in [-0.39, 0.29) is 0 Å². The van der Waals surface area contributed by atoms with Crippen molar-refractivity contribution in [3.05, 3.63) is 28.8 Å². The van der Waals surface area contributed by atoms with Crippen LogP contribution in [-0.2, 0) is 0 Å². The SMILES string of the molecule is Cc1ccc(Cl)c(NC(=N)N(C)C)c1. The van der Waals surface area contributed by atoms with Gasteiger partial charge in [0, 0.05) is 14.1 Å². The van der Waals surface area contributed by atoms with Crippen molar-refractivity contribution in [1.29, 1.82) is 5.41 Å². The van der Waals surface area contributed by atoms with Crippen LogP contribution < -0.4 is 5.32 Å². The summed E-state index contributed by atoms with van der Waals surface area (Å²) in [7, 11) is 3.61. The van der Waals surface area contributed by atoms with Crippen molar-refractivity contribution in [3.8, 4) is 0 Å². The fourth-order valence-corrected chi connectivity index (χ4v) is 1.14. The van der Waals surface area contributed by atoms with E-state index in [0.717, 1.165) is 11.3 Å². The first-order chi connectivity index (χ1) is 6.50. The summed E-state index contributed by atoms with van der Waals surface area (Å²) in [5.74, 6) is 0.317. The minimum absolute atomic E-state index is 0.317. The molecule has 0 aliphatic rings. The summed E-state index contributed by atoms with van der Waals surface area (Å²) in [5, 5.41) is 11.2. The van der Waals surface area contributed by atoms with Gasteiger partial charge in [-0.05, 0) is 24.6 Å². The zero-order valence-electron chi connectivity index (χ0n) is 8.56. The van der Waals surface area contributed by atoms with Crippen LogP contribution in [-0.4, -0.2) is 25.0 Å². The lowest BCUT2D eigenvalue weighted by molar-refractivity contribution is 0.616. The van der Waals surface area contributed by atoms with Crippen molar-refractivity contribution in [2.24, 2.45) is 0 Å². The molecule has 0 amide bonds. The summed E-state index contributed by atoms with van der Waals surface area (Å²) >= 11 is 5.97. The molecule has 2 N–H and O–H groups in total. The second kappa shape index (κ2) is 4.33. The van der Waals surface area contributed by atoms with Crippen molar-refractivity contribution >= 4 is 23.2 Å². The maximum atomic E-state index is 7.60. The number of aryl methyl sites for hydroxylation is 1. The molecule has 0 bridgehead atoms. The van der Waals surface area contributed by atoms with Gasteiger partial charge in [0.25, 0.3) is 0 Å². The minimum Gasteiger partial charge on any atom is -0.349 e. The lowest BCUT2D eigenvalue weighted by atomic mass is 10.2. The van der Waals surface area contributed by atoms with Gasteiger partial charge >= 0.3 is 0 Å². The Balaban J connectivity index is 2.86. The van der Waals surface area contributed by atoms with Crippen LogP contribution in [0.2, 0.25) is 5.02 Å². The highest BCUT2D eigenvalue weighted by Crippen LogP contribution is 2.22. The molecule has 0 unspecified atom stereocenters. The molecular formula is C10H14ClN3. The number of benzene rings is 1. The second-order valence-electron chi connectivity index (χ2n) is 3.35. The Labute approximate surface area is 89.2 Å². The molecule has 0 aliphatic carbocycles. The average Bonchev–Trinajstić information content (AvgIpc) is 2.11. The van der Waals surface area contributed by atoms with Crippen molar-refractivity contribution in [2.75, 3.05) is 19.4 Å². The highest BCUT2D eigenvalue weighted by atomic mass is 35.5. The van der Waals surface area contributed by atoms with Gasteiger partial charge in [0.15, 0.2) is 5.96 Å². The summed E-state index contributed by atoms with van der Waals surface area (Å²) in [5.41, 5.74) is 1.88. The van der Waals surface area contributed by atoms with Crippen molar-refractivity contribution in [1.82, 2.24) is 4.90 Å². The molecule has 3 nitrogen and oxygen atoms in total. The Morgan fingerprint density at radius 3 is 2.64 bits per heavy atom. The van der Waals surface area contributed by atoms with E-state index in [4.69, 9.17) is 17.0 Å². The average molecular weight is 212 g/mol. The zero-order valence-corrected chi connectivity index (χ0v) is 9.31. The van der Waals surface area contributed by atoms with Crippen molar-refractivity contribution < 1.29 is 0 Å². The number of hydrogen-bond acceptors (Lipinski definition) is 1. The van der Waals surface area contributed by atoms with Crippen LogP contribution in [0.5, 0.6) is 0 Å². The maximum Gasteiger partial charge on any atom is 0.195 e. The van der Waals surface area contributed by atoms with Gasteiger partial charge in [-0.3, -0.25) is 5.41 Å². The number of hydrogen-bond donors (Lipinski definition) is 2. The fraction of sp³-hybridized carbons (Fsp3) is 0.300. The van der Waals surface area contributed by atoms with Crippen LogP contribution in [0.4, 0.5) is 5.69 Å². The summed E-state index contributed by atoms with van der Waals surface area (Å²) in [6.07, 6.45) is 0. The lowest BCUT2D eigenvalue weighted by Gasteiger charge is -2.16. The van der Waals surface area contributed by atoms with Crippen LogP contribution in [0.15, 0.2) is 18.2 Å². The van der Waals surface area contributed by atoms with Gasteiger partial charge in [0.2, 0.25) is 0 Å². The first-order valence-electron chi connectivity index (χ1n) is 4.30. The Bertz CT molecular complexity index is 347. The smallest absolute Gasteiger partial charge is 0.195 e. The summed E-state index contributed by atoms with van der Waals surface area (Å²) in [6.45, 7) is 1.99. The number of anilines is 1. The molecule has 0 heterocycles.